The summed E-state index contributed by atoms with van der Waals surface area (Å²) in [5.74, 6) is 1.46. The molecule has 178 valence electrons. The Morgan fingerprint density at radius 1 is 0.829 bits per heavy atom. The third-order valence-electron chi connectivity index (χ3n) is 6.83. The lowest BCUT2D eigenvalue weighted by atomic mass is 9.88. The Bertz CT molecular complexity index is 1180. The molecule has 2 heterocycles. The predicted octanol–water partition coefficient (Wildman–Crippen LogP) is 5.16. The lowest BCUT2D eigenvalue weighted by Gasteiger charge is -2.37. The summed E-state index contributed by atoms with van der Waals surface area (Å²) in [7, 11) is 0. The Morgan fingerprint density at radius 2 is 1.37 bits per heavy atom. The fourth-order valence-corrected chi connectivity index (χ4v) is 4.73. The van der Waals surface area contributed by atoms with E-state index in [9.17, 15) is 4.79 Å². The van der Waals surface area contributed by atoms with E-state index in [0.717, 1.165) is 18.7 Å². The fourth-order valence-electron chi connectivity index (χ4n) is 4.73. The Kier molecular flexibility index (Phi) is 7.00. The number of rotatable bonds is 7. The number of aromatic nitrogens is 2. The van der Waals surface area contributed by atoms with Gasteiger partial charge in [-0.25, -0.2) is 0 Å². The summed E-state index contributed by atoms with van der Waals surface area (Å²) in [5.41, 5.74) is 3.28. The molecule has 1 fully saturated rings. The van der Waals surface area contributed by atoms with Crippen molar-refractivity contribution in [2.45, 2.75) is 25.3 Å². The third-order valence-corrected chi connectivity index (χ3v) is 6.83. The van der Waals surface area contributed by atoms with E-state index >= 15 is 0 Å². The third kappa shape index (κ3) is 5.33. The van der Waals surface area contributed by atoms with Crippen LogP contribution in [0.4, 0.5) is 0 Å². The summed E-state index contributed by atoms with van der Waals surface area (Å²) >= 11 is 0. The van der Waals surface area contributed by atoms with Crippen LogP contribution in [0.5, 0.6) is 0 Å². The molecule has 5 rings (SSSR count). The molecule has 4 aromatic rings. The second-order valence-electron chi connectivity index (χ2n) is 8.99. The first-order chi connectivity index (χ1) is 17.2. The van der Waals surface area contributed by atoms with Gasteiger partial charge in [-0.15, -0.1) is 0 Å². The zero-order chi connectivity index (χ0) is 24.0. The molecule has 1 atom stereocenters. The van der Waals surface area contributed by atoms with Crippen molar-refractivity contribution in [2.75, 3.05) is 26.2 Å². The van der Waals surface area contributed by atoms with Crippen LogP contribution in [0.2, 0.25) is 0 Å². The maximum atomic E-state index is 13.3. The summed E-state index contributed by atoms with van der Waals surface area (Å²) in [4.78, 5) is 22.2. The molecule has 0 bridgehead atoms. The van der Waals surface area contributed by atoms with Crippen molar-refractivity contribution >= 4 is 5.91 Å². The van der Waals surface area contributed by atoms with Crippen molar-refractivity contribution < 1.29 is 9.32 Å². The maximum Gasteiger partial charge on any atom is 0.244 e. The number of benzene rings is 3. The SMILES string of the molecule is CC(c1nc(-c2ccccc2)no1)N1CCN(C(=O)CC(c2ccccc2)c2ccccc2)CC1. The molecular formula is C29H30N4O2. The van der Waals surface area contributed by atoms with Crippen LogP contribution in [0.1, 0.15) is 42.3 Å². The highest BCUT2D eigenvalue weighted by atomic mass is 16.5. The van der Waals surface area contributed by atoms with Gasteiger partial charge in [0.15, 0.2) is 0 Å². The van der Waals surface area contributed by atoms with Crippen LogP contribution >= 0.6 is 0 Å². The van der Waals surface area contributed by atoms with Crippen molar-refractivity contribution in [3.05, 3.63) is 108 Å². The van der Waals surface area contributed by atoms with Crippen LogP contribution in [0, 0.1) is 0 Å². The Labute approximate surface area is 206 Å². The minimum absolute atomic E-state index is 0.00130. The smallest absolute Gasteiger partial charge is 0.244 e. The van der Waals surface area contributed by atoms with E-state index in [4.69, 9.17) is 4.52 Å². The number of carbonyl (C=O) groups is 1. The van der Waals surface area contributed by atoms with Gasteiger partial charge in [0.25, 0.3) is 0 Å². The van der Waals surface area contributed by atoms with Crippen molar-refractivity contribution in [1.82, 2.24) is 19.9 Å². The van der Waals surface area contributed by atoms with E-state index in [2.05, 4.69) is 46.2 Å². The van der Waals surface area contributed by atoms with Crippen molar-refractivity contribution in [1.29, 1.82) is 0 Å². The van der Waals surface area contributed by atoms with Gasteiger partial charge >= 0.3 is 0 Å². The van der Waals surface area contributed by atoms with Crippen LogP contribution in [-0.4, -0.2) is 52.0 Å². The predicted molar refractivity (Wildman–Crippen MR) is 136 cm³/mol. The lowest BCUT2D eigenvalue weighted by molar-refractivity contribution is -0.133. The van der Waals surface area contributed by atoms with E-state index in [-0.39, 0.29) is 17.9 Å². The second kappa shape index (κ2) is 10.7. The number of piperazine rings is 1. The fraction of sp³-hybridized carbons (Fsp3) is 0.276. The molecule has 0 aliphatic carbocycles. The van der Waals surface area contributed by atoms with Gasteiger partial charge < -0.3 is 9.42 Å². The minimum Gasteiger partial charge on any atom is -0.340 e. The van der Waals surface area contributed by atoms with Gasteiger partial charge in [-0.3, -0.25) is 9.69 Å². The van der Waals surface area contributed by atoms with Crippen LogP contribution < -0.4 is 0 Å². The molecule has 1 aromatic heterocycles. The largest absolute Gasteiger partial charge is 0.340 e. The average molecular weight is 467 g/mol. The number of hydrogen-bond acceptors (Lipinski definition) is 5. The molecule has 1 aliphatic rings. The van der Waals surface area contributed by atoms with E-state index < -0.39 is 0 Å². The van der Waals surface area contributed by atoms with E-state index in [1.807, 2.05) is 71.6 Å². The second-order valence-corrected chi connectivity index (χ2v) is 8.99. The van der Waals surface area contributed by atoms with Gasteiger partial charge in [-0.05, 0) is 18.1 Å². The molecule has 0 spiro atoms. The number of carbonyl (C=O) groups excluding carboxylic acids is 1. The monoisotopic (exact) mass is 466 g/mol. The first kappa shape index (κ1) is 23.0. The van der Waals surface area contributed by atoms with E-state index in [1.54, 1.807) is 0 Å². The molecule has 0 N–H and O–H groups in total. The van der Waals surface area contributed by atoms with Gasteiger partial charge in [-0.2, -0.15) is 4.98 Å². The normalized spacial score (nSPS) is 15.3. The van der Waals surface area contributed by atoms with Gasteiger partial charge in [0.05, 0.1) is 6.04 Å². The summed E-state index contributed by atoms with van der Waals surface area (Å²) in [6, 6.07) is 30.5. The highest BCUT2D eigenvalue weighted by Crippen LogP contribution is 2.29. The summed E-state index contributed by atoms with van der Waals surface area (Å²) in [5, 5.41) is 4.16. The highest BCUT2D eigenvalue weighted by molar-refractivity contribution is 5.78. The Morgan fingerprint density at radius 3 is 1.94 bits per heavy atom. The summed E-state index contributed by atoms with van der Waals surface area (Å²) < 4.78 is 5.58. The Hall–Kier alpha value is -3.77. The van der Waals surface area contributed by atoms with E-state index in [0.29, 0.717) is 31.2 Å². The summed E-state index contributed by atoms with van der Waals surface area (Å²) in [6.07, 6.45) is 0.466. The quantitative estimate of drug-likeness (QED) is 0.376. The molecule has 0 saturated carbocycles. The standard InChI is InChI=1S/C29H30N4O2/c1-22(29-30-28(31-35-29)25-15-9-4-10-16-25)32-17-19-33(20-18-32)27(34)21-26(23-11-5-2-6-12-23)24-13-7-3-8-14-24/h2-16,22,26H,17-21H2,1H3. The topological polar surface area (TPSA) is 62.5 Å². The van der Waals surface area contributed by atoms with Gasteiger partial charge in [0.2, 0.25) is 17.6 Å². The molecule has 35 heavy (non-hydrogen) atoms. The summed E-state index contributed by atoms with van der Waals surface area (Å²) in [6.45, 7) is 5.02. The molecule has 0 radical (unpaired) electrons. The molecule has 1 saturated heterocycles. The first-order valence-corrected chi connectivity index (χ1v) is 12.2. The van der Waals surface area contributed by atoms with Crippen molar-refractivity contribution in [3.8, 4) is 11.4 Å². The zero-order valence-corrected chi connectivity index (χ0v) is 20.0. The van der Waals surface area contributed by atoms with Gasteiger partial charge in [-0.1, -0.05) is 96.2 Å². The minimum atomic E-state index is -0.00130. The van der Waals surface area contributed by atoms with Gasteiger partial charge in [0.1, 0.15) is 0 Å². The molecule has 3 aromatic carbocycles. The molecule has 6 heteroatoms. The first-order valence-electron chi connectivity index (χ1n) is 12.2. The number of nitrogens with zero attached hydrogens (tertiary/aromatic N) is 4. The molecule has 1 aliphatic heterocycles. The van der Waals surface area contributed by atoms with Gasteiger partial charge in [0, 0.05) is 44.1 Å². The average Bonchev–Trinajstić information content (AvgIpc) is 3.43. The lowest BCUT2D eigenvalue weighted by Crippen LogP contribution is -2.49. The maximum absolute atomic E-state index is 13.3. The molecule has 6 nitrogen and oxygen atoms in total. The Balaban J connectivity index is 1.21. The number of hydrogen-bond donors (Lipinski definition) is 0. The number of amides is 1. The van der Waals surface area contributed by atoms with E-state index in [1.165, 1.54) is 11.1 Å². The van der Waals surface area contributed by atoms with Crippen molar-refractivity contribution in [3.63, 3.8) is 0 Å². The van der Waals surface area contributed by atoms with Crippen molar-refractivity contribution in [2.24, 2.45) is 0 Å². The molecule has 1 unspecified atom stereocenters. The van der Waals surface area contributed by atoms with Crippen LogP contribution in [0.15, 0.2) is 95.5 Å². The molecular weight excluding hydrogens is 436 g/mol. The highest BCUT2D eigenvalue weighted by Gasteiger charge is 2.29. The van der Waals surface area contributed by atoms with Crippen LogP contribution in [-0.2, 0) is 4.79 Å². The zero-order valence-electron chi connectivity index (χ0n) is 20.0. The van der Waals surface area contributed by atoms with Crippen LogP contribution in [0.3, 0.4) is 0 Å². The molecule has 1 amide bonds. The van der Waals surface area contributed by atoms with Crippen LogP contribution in [0.25, 0.3) is 11.4 Å².